The fourth-order valence-corrected chi connectivity index (χ4v) is 3.17. The van der Waals surface area contributed by atoms with Crippen LogP contribution < -0.4 is 4.74 Å². The Morgan fingerprint density at radius 2 is 1.88 bits per heavy atom. The number of carbonyl (C=O) groups is 1. The van der Waals surface area contributed by atoms with Crippen LogP contribution in [-0.4, -0.2) is 33.9 Å². The van der Waals surface area contributed by atoms with Gasteiger partial charge in [0, 0.05) is 17.7 Å². The second kappa shape index (κ2) is 7.45. The molecule has 0 spiro atoms. The highest BCUT2D eigenvalue weighted by Gasteiger charge is 2.37. The van der Waals surface area contributed by atoms with Crippen molar-refractivity contribution in [1.82, 2.24) is 0 Å². The SMILES string of the molecule is N=C1SC(C(=O)c2ccc([N+](=O)[O-])cc2)OC1COc1ccccc1. The Bertz CT molecular complexity index is 794. The number of nitrogens with one attached hydrogen (secondary N) is 1. The quantitative estimate of drug-likeness (QED) is 0.483. The number of para-hydroxylation sites is 1. The number of ketones is 1. The van der Waals surface area contributed by atoms with Gasteiger partial charge in [0.15, 0.2) is 5.44 Å². The van der Waals surface area contributed by atoms with Crippen LogP contribution in [0.25, 0.3) is 0 Å². The number of carbonyl (C=O) groups excluding carboxylic acids is 1. The minimum atomic E-state index is -0.849. The molecule has 1 heterocycles. The average Bonchev–Trinajstić information content (AvgIpc) is 3.01. The van der Waals surface area contributed by atoms with Crippen LogP contribution in [0.4, 0.5) is 5.69 Å². The highest BCUT2D eigenvalue weighted by Crippen LogP contribution is 2.30. The Balaban J connectivity index is 1.61. The third kappa shape index (κ3) is 4.04. The first kappa shape index (κ1) is 17.1. The topological polar surface area (TPSA) is 103 Å². The monoisotopic (exact) mass is 358 g/mol. The summed E-state index contributed by atoms with van der Waals surface area (Å²) >= 11 is 1.02. The first-order valence-electron chi connectivity index (χ1n) is 7.41. The molecule has 1 saturated heterocycles. The number of thioether (sulfide) groups is 1. The molecule has 8 heteroatoms. The summed E-state index contributed by atoms with van der Waals surface area (Å²) in [4.78, 5) is 22.6. The molecule has 0 aliphatic carbocycles. The van der Waals surface area contributed by atoms with Gasteiger partial charge in [-0.1, -0.05) is 30.0 Å². The zero-order chi connectivity index (χ0) is 17.8. The zero-order valence-corrected chi connectivity index (χ0v) is 13.8. The molecule has 0 radical (unpaired) electrons. The molecule has 25 heavy (non-hydrogen) atoms. The van der Waals surface area contributed by atoms with Crippen molar-refractivity contribution in [3.63, 3.8) is 0 Å². The van der Waals surface area contributed by atoms with Gasteiger partial charge in [-0.15, -0.1) is 0 Å². The Hall–Kier alpha value is -2.71. The minimum absolute atomic E-state index is 0.0848. The maximum Gasteiger partial charge on any atom is 0.269 e. The van der Waals surface area contributed by atoms with E-state index in [1.54, 1.807) is 12.1 Å². The number of nitrogens with zero attached hydrogens (tertiary/aromatic N) is 1. The molecule has 1 aliphatic heterocycles. The number of nitro benzene ring substituents is 1. The van der Waals surface area contributed by atoms with Crippen molar-refractivity contribution in [2.24, 2.45) is 0 Å². The van der Waals surface area contributed by atoms with Gasteiger partial charge in [0.25, 0.3) is 5.69 Å². The molecule has 2 aromatic carbocycles. The Labute approximate surface area is 147 Å². The third-order valence-electron chi connectivity index (χ3n) is 3.54. The number of hydrogen-bond acceptors (Lipinski definition) is 7. The number of benzene rings is 2. The second-order valence-corrected chi connectivity index (χ2v) is 6.33. The molecule has 0 bridgehead atoms. The summed E-state index contributed by atoms with van der Waals surface area (Å²) in [6, 6.07) is 14.5. The lowest BCUT2D eigenvalue weighted by Gasteiger charge is -2.12. The smallest absolute Gasteiger partial charge is 0.269 e. The molecule has 0 saturated carbocycles. The molecule has 2 atom stereocenters. The molecule has 1 aliphatic rings. The van der Waals surface area contributed by atoms with Crippen molar-refractivity contribution in [1.29, 1.82) is 5.41 Å². The van der Waals surface area contributed by atoms with Crippen molar-refractivity contribution in [3.05, 3.63) is 70.3 Å². The summed E-state index contributed by atoms with van der Waals surface area (Å²) in [5.74, 6) is 0.334. The van der Waals surface area contributed by atoms with Crippen LogP contribution in [0.2, 0.25) is 0 Å². The highest BCUT2D eigenvalue weighted by molar-refractivity contribution is 8.15. The predicted molar refractivity (Wildman–Crippen MR) is 93.3 cm³/mol. The molecule has 3 rings (SSSR count). The van der Waals surface area contributed by atoms with Gasteiger partial charge in [-0.2, -0.15) is 0 Å². The molecule has 2 unspecified atom stereocenters. The van der Waals surface area contributed by atoms with Gasteiger partial charge in [0.2, 0.25) is 5.78 Å². The van der Waals surface area contributed by atoms with Crippen LogP contribution in [-0.2, 0) is 4.74 Å². The van der Waals surface area contributed by atoms with Crippen LogP contribution in [0.1, 0.15) is 10.4 Å². The van der Waals surface area contributed by atoms with Gasteiger partial charge in [-0.25, -0.2) is 0 Å². The summed E-state index contributed by atoms with van der Waals surface area (Å²) < 4.78 is 11.2. The summed E-state index contributed by atoms with van der Waals surface area (Å²) in [7, 11) is 0. The van der Waals surface area contributed by atoms with Crippen LogP contribution in [0.5, 0.6) is 5.75 Å². The first-order valence-corrected chi connectivity index (χ1v) is 8.29. The highest BCUT2D eigenvalue weighted by atomic mass is 32.2. The van der Waals surface area contributed by atoms with Crippen LogP contribution in [0.3, 0.4) is 0 Å². The Kier molecular flexibility index (Phi) is 5.11. The van der Waals surface area contributed by atoms with Gasteiger partial charge in [-0.05, 0) is 24.3 Å². The van der Waals surface area contributed by atoms with E-state index in [1.807, 2.05) is 18.2 Å². The number of Topliss-reactive ketones (excluding diaryl/α,β-unsaturated/α-hetero) is 1. The predicted octanol–water partition coefficient (Wildman–Crippen LogP) is 3.29. The molecular weight excluding hydrogens is 344 g/mol. The van der Waals surface area contributed by atoms with E-state index in [1.165, 1.54) is 24.3 Å². The van der Waals surface area contributed by atoms with E-state index in [0.717, 1.165) is 11.8 Å². The van der Waals surface area contributed by atoms with Gasteiger partial charge in [0.1, 0.15) is 18.5 Å². The molecule has 2 aromatic rings. The van der Waals surface area contributed by atoms with Gasteiger partial charge < -0.3 is 9.47 Å². The first-order chi connectivity index (χ1) is 12.0. The molecular formula is C17H14N2O5S. The molecule has 0 aromatic heterocycles. The fraction of sp³-hybridized carbons (Fsp3) is 0.176. The molecule has 1 fully saturated rings. The van der Waals surface area contributed by atoms with Crippen LogP contribution in [0, 0.1) is 15.5 Å². The summed E-state index contributed by atoms with van der Waals surface area (Å²) in [6.45, 7) is 0.139. The second-order valence-electron chi connectivity index (χ2n) is 5.23. The Morgan fingerprint density at radius 1 is 1.20 bits per heavy atom. The number of non-ortho nitro benzene ring substituents is 1. The average molecular weight is 358 g/mol. The molecule has 0 amide bonds. The number of rotatable bonds is 6. The van der Waals surface area contributed by atoms with Crippen molar-refractivity contribution in [2.45, 2.75) is 11.5 Å². The van der Waals surface area contributed by atoms with Crippen molar-refractivity contribution in [3.8, 4) is 5.75 Å². The normalized spacial score (nSPS) is 19.6. The van der Waals surface area contributed by atoms with E-state index in [-0.39, 0.29) is 23.1 Å². The van der Waals surface area contributed by atoms with E-state index >= 15 is 0 Å². The lowest BCUT2D eigenvalue weighted by Crippen LogP contribution is -2.26. The lowest BCUT2D eigenvalue weighted by atomic mass is 10.1. The van der Waals surface area contributed by atoms with Crippen molar-refractivity contribution in [2.75, 3.05) is 6.61 Å². The maximum absolute atomic E-state index is 12.4. The third-order valence-corrected chi connectivity index (χ3v) is 4.59. The standard InChI is InChI=1S/C17H14N2O5S/c18-16-14(10-23-13-4-2-1-3-5-13)24-17(25-16)15(20)11-6-8-12(9-7-11)19(21)22/h1-9,14,17-18H,10H2. The van der Waals surface area contributed by atoms with E-state index in [9.17, 15) is 14.9 Å². The zero-order valence-electron chi connectivity index (χ0n) is 13.0. The maximum atomic E-state index is 12.4. The van der Waals surface area contributed by atoms with Crippen molar-refractivity contribution >= 4 is 28.3 Å². The lowest BCUT2D eigenvalue weighted by molar-refractivity contribution is -0.384. The largest absolute Gasteiger partial charge is 0.490 e. The summed E-state index contributed by atoms with van der Waals surface area (Å²) in [5.41, 5.74) is -0.628. The Morgan fingerprint density at radius 3 is 2.52 bits per heavy atom. The molecule has 1 N–H and O–H groups in total. The van der Waals surface area contributed by atoms with E-state index in [0.29, 0.717) is 11.3 Å². The van der Waals surface area contributed by atoms with Crippen LogP contribution >= 0.6 is 11.8 Å². The van der Waals surface area contributed by atoms with Gasteiger partial charge >= 0.3 is 0 Å². The van der Waals surface area contributed by atoms with E-state index in [2.05, 4.69) is 0 Å². The van der Waals surface area contributed by atoms with E-state index < -0.39 is 16.5 Å². The fourth-order valence-electron chi connectivity index (χ4n) is 2.23. The van der Waals surface area contributed by atoms with Gasteiger partial charge in [0.05, 0.1) is 9.97 Å². The van der Waals surface area contributed by atoms with Gasteiger partial charge in [-0.3, -0.25) is 20.3 Å². The number of hydrogen-bond donors (Lipinski definition) is 1. The van der Waals surface area contributed by atoms with E-state index in [4.69, 9.17) is 14.9 Å². The molecule has 7 nitrogen and oxygen atoms in total. The number of ether oxygens (including phenoxy) is 2. The van der Waals surface area contributed by atoms with Crippen LogP contribution in [0.15, 0.2) is 54.6 Å². The van der Waals surface area contributed by atoms with Crippen molar-refractivity contribution < 1.29 is 19.2 Å². The summed E-state index contributed by atoms with van der Waals surface area (Å²) in [5, 5.41) is 18.8. The summed E-state index contributed by atoms with van der Waals surface area (Å²) in [6.07, 6.45) is -0.614. The molecule has 128 valence electrons. The minimum Gasteiger partial charge on any atom is -0.490 e. The number of nitro groups is 1.